The minimum absolute atomic E-state index is 0.227. The minimum atomic E-state index is -4.38. The van der Waals surface area contributed by atoms with Crippen molar-refractivity contribution in [2.75, 3.05) is 5.32 Å². The van der Waals surface area contributed by atoms with E-state index in [1.807, 2.05) is 0 Å². The molecule has 1 heterocycles. The Morgan fingerprint density at radius 3 is 2.35 bits per heavy atom. The van der Waals surface area contributed by atoms with Crippen LogP contribution in [0.4, 0.5) is 24.5 Å². The third-order valence-corrected chi connectivity index (χ3v) is 3.11. The predicted molar refractivity (Wildman–Crippen MR) is 77.3 cm³/mol. The third-order valence-electron chi connectivity index (χ3n) is 3.11. The SMILES string of the molecule is O=c1[nH]c(-c2ccccc2Nc2ccc(C(F)(F)F)cc2)no1. The number of para-hydroxylation sites is 1. The van der Waals surface area contributed by atoms with Crippen LogP contribution in [0.2, 0.25) is 0 Å². The van der Waals surface area contributed by atoms with E-state index in [9.17, 15) is 18.0 Å². The molecule has 2 aromatic carbocycles. The molecular formula is C15H10F3N3O2. The number of hydrogen-bond donors (Lipinski definition) is 2. The molecule has 0 fully saturated rings. The molecule has 0 unspecified atom stereocenters. The van der Waals surface area contributed by atoms with Crippen molar-refractivity contribution in [3.05, 3.63) is 64.6 Å². The van der Waals surface area contributed by atoms with E-state index in [2.05, 4.69) is 20.0 Å². The van der Waals surface area contributed by atoms with Crippen molar-refractivity contribution in [3.8, 4) is 11.4 Å². The number of nitrogens with zero attached hydrogens (tertiary/aromatic N) is 1. The fraction of sp³-hybridized carbons (Fsp3) is 0.0667. The van der Waals surface area contributed by atoms with Crippen molar-refractivity contribution in [3.63, 3.8) is 0 Å². The summed E-state index contributed by atoms with van der Waals surface area (Å²) in [6.07, 6.45) is -4.38. The molecule has 3 aromatic rings. The molecule has 0 radical (unpaired) electrons. The molecule has 23 heavy (non-hydrogen) atoms. The van der Waals surface area contributed by atoms with E-state index in [0.29, 0.717) is 16.9 Å². The molecule has 0 aliphatic heterocycles. The maximum Gasteiger partial charge on any atom is 0.439 e. The summed E-state index contributed by atoms with van der Waals surface area (Å²) < 4.78 is 42.1. The quantitative estimate of drug-likeness (QED) is 0.770. The van der Waals surface area contributed by atoms with E-state index in [4.69, 9.17) is 0 Å². The summed E-state index contributed by atoms with van der Waals surface area (Å²) in [4.78, 5) is 13.5. The van der Waals surface area contributed by atoms with Crippen LogP contribution in [-0.4, -0.2) is 10.1 Å². The van der Waals surface area contributed by atoms with Gasteiger partial charge in [-0.25, -0.2) is 4.79 Å². The van der Waals surface area contributed by atoms with Gasteiger partial charge in [0.05, 0.1) is 5.56 Å². The van der Waals surface area contributed by atoms with Crippen molar-refractivity contribution in [2.45, 2.75) is 6.18 Å². The molecule has 1 aromatic heterocycles. The van der Waals surface area contributed by atoms with Gasteiger partial charge >= 0.3 is 11.9 Å². The molecule has 2 N–H and O–H groups in total. The summed E-state index contributed by atoms with van der Waals surface area (Å²) in [6, 6.07) is 11.5. The lowest BCUT2D eigenvalue weighted by Gasteiger charge is -2.11. The number of H-pyrrole nitrogens is 1. The molecule has 8 heteroatoms. The number of rotatable bonds is 3. The van der Waals surface area contributed by atoms with Crippen molar-refractivity contribution in [2.24, 2.45) is 0 Å². The standard InChI is InChI=1S/C15H10F3N3O2/c16-15(17,18)9-5-7-10(8-6-9)19-12-4-2-1-3-11(12)13-20-14(22)23-21-13/h1-8,19H,(H,20,21,22). The number of aromatic nitrogens is 2. The van der Waals surface area contributed by atoms with Crippen LogP contribution in [0.15, 0.2) is 57.8 Å². The van der Waals surface area contributed by atoms with Crippen molar-refractivity contribution < 1.29 is 17.7 Å². The number of hydrogen-bond acceptors (Lipinski definition) is 4. The smallest absolute Gasteiger partial charge is 0.355 e. The van der Waals surface area contributed by atoms with Crippen LogP contribution in [0.1, 0.15) is 5.56 Å². The first kappa shape index (κ1) is 14.9. The second kappa shape index (κ2) is 5.64. The number of halogens is 3. The van der Waals surface area contributed by atoms with Gasteiger partial charge in [0.1, 0.15) is 0 Å². The number of alkyl halides is 3. The van der Waals surface area contributed by atoms with Gasteiger partial charge in [0.2, 0.25) is 0 Å². The molecular weight excluding hydrogens is 311 g/mol. The summed E-state index contributed by atoms with van der Waals surface area (Å²) in [5.41, 5.74) is 0.864. The largest absolute Gasteiger partial charge is 0.439 e. The highest BCUT2D eigenvalue weighted by Gasteiger charge is 2.29. The highest BCUT2D eigenvalue weighted by atomic mass is 19.4. The van der Waals surface area contributed by atoms with E-state index in [1.165, 1.54) is 12.1 Å². The fourth-order valence-corrected chi connectivity index (χ4v) is 2.04. The van der Waals surface area contributed by atoms with Gasteiger partial charge in [-0.1, -0.05) is 17.3 Å². The highest BCUT2D eigenvalue weighted by molar-refractivity contribution is 5.77. The van der Waals surface area contributed by atoms with Gasteiger partial charge in [-0.3, -0.25) is 9.51 Å². The highest BCUT2D eigenvalue weighted by Crippen LogP contribution is 2.31. The Labute approximate surface area is 127 Å². The fourth-order valence-electron chi connectivity index (χ4n) is 2.04. The van der Waals surface area contributed by atoms with Crippen molar-refractivity contribution >= 4 is 11.4 Å². The molecule has 118 valence electrons. The van der Waals surface area contributed by atoms with Gasteiger partial charge in [0.25, 0.3) is 0 Å². The van der Waals surface area contributed by atoms with Gasteiger partial charge in [-0.15, -0.1) is 0 Å². The van der Waals surface area contributed by atoms with Crippen molar-refractivity contribution in [1.29, 1.82) is 0 Å². The molecule has 0 saturated carbocycles. The molecule has 0 aliphatic rings. The van der Waals surface area contributed by atoms with E-state index in [0.717, 1.165) is 12.1 Å². The molecule has 0 spiro atoms. The lowest BCUT2D eigenvalue weighted by molar-refractivity contribution is -0.137. The monoisotopic (exact) mass is 321 g/mol. The third kappa shape index (κ3) is 3.25. The number of anilines is 2. The Kier molecular flexibility index (Phi) is 3.65. The van der Waals surface area contributed by atoms with Crippen LogP contribution < -0.4 is 11.1 Å². The Balaban J connectivity index is 1.90. The van der Waals surface area contributed by atoms with Crippen LogP contribution in [0, 0.1) is 0 Å². The average molecular weight is 321 g/mol. The summed E-state index contributed by atoms with van der Waals surface area (Å²) in [5.74, 6) is -0.464. The van der Waals surface area contributed by atoms with Crippen LogP contribution in [0.3, 0.4) is 0 Å². The van der Waals surface area contributed by atoms with Crippen LogP contribution in [0.25, 0.3) is 11.4 Å². The first-order chi connectivity index (χ1) is 10.9. The van der Waals surface area contributed by atoms with Crippen LogP contribution in [-0.2, 0) is 6.18 Å². The first-order valence-electron chi connectivity index (χ1n) is 6.53. The summed E-state index contributed by atoms with van der Waals surface area (Å²) >= 11 is 0. The Bertz CT molecular complexity index is 866. The number of benzene rings is 2. The minimum Gasteiger partial charge on any atom is -0.355 e. The van der Waals surface area contributed by atoms with E-state index in [-0.39, 0.29) is 5.82 Å². The molecule has 0 saturated heterocycles. The van der Waals surface area contributed by atoms with E-state index < -0.39 is 17.5 Å². The van der Waals surface area contributed by atoms with Crippen LogP contribution >= 0.6 is 0 Å². The lowest BCUT2D eigenvalue weighted by atomic mass is 10.1. The maximum atomic E-state index is 12.6. The van der Waals surface area contributed by atoms with Gasteiger partial charge < -0.3 is 5.32 Å². The lowest BCUT2D eigenvalue weighted by Crippen LogP contribution is -2.04. The summed E-state index contributed by atoms with van der Waals surface area (Å²) in [7, 11) is 0. The first-order valence-corrected chi connectivity index (χ1v) is 6.53. The average Bonchev–Trinajstić information content (AvgIpc) is 2.94. The van der Waals surface area contributed by atoms with Crippen LogP contribution in [0.5, 0.6) is 0 Å². The zero-order valence-electron chi connectivity index (χ0n) is 11.5. The Morgan fingerprint density at radius 1 is 1.04 bits per heavy atom. The van der Waals surface area contributed by atoms with Gasteiger partial charge in [0.15, 0.2) is 5.82 Å². The van der Waals surface area contributed by atoms with Gasteiger partial charge in [-0.2, -0.15) is 13.2 Å². The number of aromatic amines is 1. The van der Waals surface area contributed by atoms with E-state index >= 15 is 0 Å². The maximum absolute atomic E-state index is 12.6. The van der Waals surface area contributed by atoms with Crippen molar-refractivity contribution in [1.82, 2.24) is 10.1 Å². The molecule has 3 rings (SSSR count). The Morgan fingerprint density at radius 2 is 1.74 bits per heavy atom. The zero-order chi connectivity index (χ0) is 16.4. The predicted octanol–water partition coefficient (Wildman–Crippen LogP) is 3.79. The molecule has 5 nitrogen and oxygen atoms in total. The topological polar surface area (TPSA) is 70.9 Å². The van der Waals surface area contributed by atoms with Gasteiger partial charge in [0, 0.05) is 16.9 Å². The van der Waals surface area contributed by atoms with Gasteiger partial charge in [-0.05, 0) is 36.4 Å². The molecule has 0 amide bonds. The molecule has 0 aliphatic carbocycles. The zero-order valence-corrected chi connectivity index (χ0v) is 11.5. The molecule has 0 atom stereocenters. The number of nitrogens with one attached hydrogen (secondary N) is 2. The summed E-state index contributed by atoms with van der Waals surface area (Å²) in [5, 5.41) is 6.59. The Hall–Kier alpha value is -3.03. The second-order valence-electron chi connectivity index (χ2n) is 4.69. The second-order valence-corrected chi connectivity index (χ2v) is 4.69. The normalized spacial score (nSPS) is 11.4. The van der Waals surface area contributed by atoms with E-state index in [1.54, 1.807) is 24.3 Å². The molecule has 0 bridgehead atoms. The summed E-state index contributed by atoms with van der Waals surface area (Å²) in [6.45, 7) is 0.